The molecule has 0 saturated carbocycles. The fraction of sp³-hybridized carbons (Fsp3) is 0.150. The Kier molecular flexibility index (Phi) is 5.05. The number of carbonyl (C=O) groups excluding carboxylic acids is 1. The molecular weight excluding hydrogens is 334 g/mol. The number of thiophene rings is 1. The summed E-state index contributed by atoms with van der Waals surface area (Å²) < 4.78 is 10.5. The largest absolute Gasteiger partial charge is 0.493 e. The Balaban J connectivity index is 1.90. The second kappa shape index (κ2) is 7.40. The molecule has 1 amide bonds. The minimum absolute atomic E-state index is 0.143. The van der Waals surface area contributed by atoms with E-state index in [1.807, 2.05) is 42.6 Å². The van der Waals surface area contributed by atoms with E-state index in [2.05, 4.69) is 5.32 Å². The first-order valence-electron chi connectivity index (χ1n) is 7.81. The fourth-order valence-electron chi connectivity index (χ4n) is 2.70. The van der Waals surface area contributed by atoms with Crippen LogP contribution in [-0.2, 0) is 0 Å². The van der Waals surface area contributed by atoms with Crippen molar-refractivity contribution in [2.24, 2.45) is 0 Å². The summed E-state index contributed by atoms with van der Waals surface area (Å²) in [5, 5.41) is 4.84. The number of rotatable bonds is 5. The SMILES string of the molecule is COc1ccc(NC(=O)c2csc(C)c2-c2ccccc2)cc1OC. The fourth-order valence-corrected chi connectivity index (χ4v) is 3.56. The molecule has 25 heavy (non-hydrogen) atoms. The summed E-state index contributed by atoms with van der Waals surface area (Å²) in [6.45, 7) is 2.03. The van der Waals surface area contributed by atoms with Gasteiger partial charge in [-0.2, -0.15) is 0 Å². The lowest BCUT2D eigenvalue weighted by Crippen LogP contribution is -2.12. The monoisotopic (exact) mass is 353 g/mol. The maximum atomic E-state index is 12.8. The van der Waals surface area contributed by atoms with Gasteiger partial charge in [0.05, 0.1) is 19.8 Å². The molecule has 4 nitrogen and oxygen atoms in total. The number of nitrogens with one attached hydrogen (secondary N) is 1. The Bertz CT molecular complexity index is 887. The lowest BCUT2D eigenvalue weighted by atomic mass is 10.0. The van der Waals surface area contributed by atoms with Gasteiger partial charge in [-0.05, 0) is 24.6 Å². The molecule has 0 aliphatic rings. The van der Waals surface area contributed by atoms with Gasteiger partial charge in [0.2, 0.25) is 0 Å². The number of methoxy groups -OCH3 is 2. The normalized spacial score (nSPS) is 10.4. The number of ether oxygens (including phenoxy) is 2. The molecule has 0 aliphatic carbocycles. The second-order valence-electron chi connectivity index (χ2n) is 5.47. The molecule has 1 N–H and O–H groups in total. The van der Waals surface area contributed by atoms with Crippen LogP contribution in [-0.4, -0.2) is 20.1 Å². The van der Waals surface area contributed by atoms with E-state index in [-0.39, 0.29) is 5.91 Å². The van der Waals surface area contributed by atoms with Gasteiger partial charge in [-0.15, -0.1) is 11.3 Å². The number of hydrogen-bond acceptors (Lipinski definition) is 4. The van der Waals surface area contributed by atoms with Crippen molar-refractivity contribution in [2.45, 2.75) is 6.92 Å². The van der Waals surface area contributed by atoms with Crippen molar-refractivity contribution in [3.05, 3.63) is 64.4 Å². The van der Waals surface area contributed by atoms with E-state index in [1.54, 1.807) is 43.8 Å². The molecule has 0 bridgehead atoms. The Labute approximate surface area is 151 Å². The summed E-state index contributed by atoms with van der Waals surface area (Å²) in [6, 6.07) is 15.3. The summed E-state index contributed by atoms with van der Waals surface area (Å²) in [5.74, 6) is 1.05. The molecule has 3 rings (SSSR count). The molecule has 0 unspecified atom stereocenters. The van der Waals surface area contributed by atoms with Crippen molar-refractivity contribution in [3.8, 4) is 22.6 Å². The summed E-state index contributed by atoms with van der Waals surface area (Å²) in [7, 11) is 3.15. The van der Waals surface area contributed by atoms with Crippen LogP contribution < -0.4 is 14.8 Å². The molecule has 3 aromatic rings. The van der Waals surface area contributed by atoms with Crippen molar-refractivity contribution in [3.63, 3.8) is 0 Å². The second-order valence-corrected chi connectivity index (χ2v) is 6.55. The molecule has 128 valence electrons. The molecule has 5 heteroatoms. The van der Waals surface area contributed by atoms with Gasteiger partial charge in [0, 0.05) is 27.6 Å². The Morgan fingerprint density at radius 2 is 1.72 bits per heavy atom. The van der Waals surface area contributed by atoms with E-state index in [1.165, 1.54) is 0 Å². The molecular formula is C20H19NO3S. The third-order valence-electron chi connectivity index (χ3n) is 3.92. The van der Waals surface area contributed by atoms with Crippen LogP contribution in [0.3, 0.4) is 0 Å². The first-order valence-corrected chi connectivity index (χ1v) is 8.69. The maximum absolute atomic E-state index is 12.8. The van der Waals surface area contributed by atoms with Gasteiger partial charge < -0.3 is 14.8 Å². The molecule has 0 fully saturated rings. The lowest BCUT2D eigenvalue weighted by Gasteiger charge is -2.11. The smallest absolute Gasteiger partial charge is 0.257 e. The zero-order chi connectivity index (χ0) is 17.8. The van der Waals surface area contributed by atoms with Crippen LogP contribution in [0.2, 0.25) is 0 Å². The maximum Gasteiger partial charge on any atom is 0.257 e. The van der Waals surface area contributed by atoms with E-state index < -0.39 is 0 Å². The third-order valence-corrected chi connectivity index (χ3v) is 4.83. The topological polar surface area (TPSA) is 47.6 Å². The molecule has 2 aromatic carbocycles. The summed E-state index contributed by atoms with van der Waals surface area (Å²) in [5.41, 5.74) is 3.34. The van der Waals surface area contributed by atoms with Crippen LogP contribution in [0, 0.1) is 6.92 Å². The summed E-state index contributed by atoms with van der Waals surface area (Å²) in [4.78, 5) is 13.9. The Morgan fingerprint density at radius 3 is 2.40 bits per heavy atom. The number of hydrogen-bond donors (Lipinski definition) is 1. The van der Waals surface area contributed by atoms with E-state index in [4.69, 9.17) is 9.47 Å². The van der Waals surface area contributed by atoms with Gasteiger partial charge in [0.15, 0.2) is 11.5 Å². The Hall–Kier alpha value is -2.79. The molecule has 0 spiro atoms. The van der Waals surface area contributed by atoms with Crippen LogP contribution in [0.25, 0.3) is 11.1 Å². The lowest BCUT2D eigenvalue weighted by molar-refractivity contribution is 0.102. The van der Waals surface area contributed by atoms with Crippen molar-refractivity contribution in [1.82, 2.24) is 0 Å². The average molecular weight is 353 g/mol. The average Bonchev–Trinajstić information content (AvgIpc) is 3.04. The summed E-state index contributed by atoms with van der Waals surface area (Å²) in [6.07, 6.45) is 0. The van der Waals surface area contributed by atoms with Gasteiger partial charge >= 0.3 is 0 Å². The van der Waals surface area contributed by atoms with Crippen molar-refractivity contribution in [2.75, 3.05) is 19.5 Å². The van der Waals surface area contributed by atoms with E-state index in [0.717, 1.165) is 16.0 Å². The van der Waals surface area contributed by atoms with E-state index in [0.29, 0.717) is 22.7 Å². The quantitative estimate of drug-likeness (QED) is 0.703. The van der Waals surface area contributed by atoms with Gasteiger partial charge in [-0.25, -0.2) is 0 Å². The predicted molar refractivity (Wildman–Crippen MR) is 102 cm³/mol. The van der Waals surface area contributed by atoms with Gasteiger partial charge in [-0.1, -0.05) is 30.3 Å². The number of benzene rings is 2. The van der Waals surface area contributed by atoms with Crippen LogP contribution >= 0.6 is 11.3 Å². The highest BCUT2D eigenvalue weighted by molar-refractivity contribution is 7.10. The van der Waals surface area contributed by atoms with E-state index in [9.17, 15) is 4.79 Å². The molecule has 1 heterocycles. The van der Waals surface area contributed by atoms with Gasteiger partial charge in [0.1, 0.15) is 0 Å². The highest BCUT2D eigenvalue weighted by Gasteiger charge is 2.18. The molecule has 0 aliphatic heterocycles. The predicted octanol–water partition coefficient (Wildman–Crippen LogP) is 4.99. The molecule has 1 aromatic heterocycles. The zero-order valence-corrected chi connectivity index (χ0v) is 15.1. The third kappa shape index (κ3) is 3.51. The van der Waals surface area contributed by atoms with Crippen LogP contribution in [0.5, 0.6) is 11.5 Å². The highest BCUT2D eigenvalue weighted by atomic mass is 32.1. The minimum atomic E-state index is -0.143. The number of carbonyl (C=O) groups is 1. The number of aryl methyl sites for hydroxylation is 1. The first kappa shape index (κ1) is 17.0. The zero-order valence-electron chi connectivity index (χ0n) is 14.3. The van der Waals surface area contributed by atoms with Crippen LogP contribution in [0.4, 0.5) is 5.69 Å². The van der Waals surface area contributed by atoms with Crippen molar-refractivity contribution >= 4 is 22.9 Å². The number of amides is 1. The van der Waals surface area contributed by atoms with Crippen LogP contribution in [0.15, 0.2) is 53.9 Å². The summed E-state index contributed by atoms with van der Waals surface area (Å²) >= 11 is 1.57. The minimum Gasteiger partial charge on any atom is -0.493 e. The molecule has 0 atom stereocenters. The van der Waals surface area contributed by atoms with Crippen molar-refractivity contribution < 1.29 is 14.3 Å². The molecule has 0 radical (unpaired) electrons. The first-order chi connectivity index (χ1) is 12.1. The number of anilines is 1. The van der Waals surface area contributed by atoms with Crippen LogP contribution in [0.1, 0.15) is 15.2 Å². The van der Waals surface area contributed by atoms with Gasteiger partial charge in [0.25, 0.3) is 5.91 Å². The van der Waals surface area contributed by atoms with Crippen molar-refractivity contribution in [1.29, 1.82) is 0 Å². The molecule has 0 saturated heterocycles. The van der Waals surface area contributed by atoms with E-state index >= 15 is 0 Å². The van der Waals surface area contributed by atoms with Gasteiger partial charge in [-0.3, -0.25) is 4.79 Å². The highest BCUT2D eigenvalue weighted by Crippen LogP contribution is 2.34. The standard InChI is InChI=1S/C20H19NO3S/c1-13-19(14-7-5-4-6-8-14)16(12-25-13)20(22)21-15-9-10-17(23-2)18(11-15)24-3/h4-12H,1-3H3,(H,21,22). The Morgan fingerprint density at radius 1 is 1.00 bits per heavy atom.